The smallest absolute Gasteiger partial charge is 0.190 e. The largest absolute Gasteiger partial charge is 0.387 e. The Bertz CT molecular complexity index is 341. The summed E-state index contributed by atoms with van der Waals surface area (Å²) in [7, 11) is 0. The van der Waals surface area contributed by atoms with E-state index in [1.807, 2.05) is 13.8 Å². The molecular formula is C12H20O6. The van der Waals surface area contributed by atoms with Gasteiger partial charge in [-0.2, -0.15) is 0 Å². The maximum absolute atomic E-state index is 10.3. The summed E-state index contributed by atoms with van der Waals surface area (Å²) in [5, 5.41) is 10.3. The van der Waals surface area contributed by atoms with Gasteiger partial charge in [0.1, 0.15) is 24.4 Å². The van der Waals surface area contributed by atoms with E-state index in [2.05, 4.69) is 0 Å². The molecule has 1 N–H and O–H groups in total. The van der Waals surface area contributed by atoms with Crippen LogP contribution < -0.4 is 0 Å². The van der Waals surface area contributed by atoms with Gasteiger partial charge in [-0.25, -0.2) is 0 Å². The number of aliphatic hydroxyl groups excluding tert-OH is 1. The molecule has 3 heterocycles. The molecule has 3 saturated heterocycles. The van der Waals surface area contributed by atoms with Crippen LogP contribution in [0, 0.1) is 0 Å². The lowest BCUT2D eigenvalue weighted by atomic mass is 10.1. The SMILES string of the molecule is CC1(C)O[C@H]2OC([C@@H]3COC(C)(C)O3)[C@H](O)[C@H]2O1. The quantitative estimate of drug-likeness (QED) is 0.735. The number of ether oxygens (including phenoxy) is 5. The van der Waals surface area contributed by atoms with Crippen molar-refractivity contribution >= 4 is 0 Å². The van der Waals surface area contributed by atoms with E-state index in [0.717, 1.165) is 0 Å². The van der Waals surface area contributed by atoms with Gasteiger partial charge in [0.2, 0.25) is 0 Å². The van der Waals surface area contributed by atoms with Crippen molar-refractivity contribution in [3.05, 3.63) is 0 Å². The zero-order chi connectivity index (χ0) is 13.1. The van der Waals surface area contributed by atoms with Gasteiger partial charge in [-0.3, -0.25) is 0 Å². The van der Waals surface area contributed by atoms with Crippen molar-refractivity contribution in [1.82, 2.24) is 0 Å². The first kappa shape index (κ1) is 12.8. The predicted octanol–water partition coefficient (Wildman–Crippen LogP) is 0.375. The van der Waals surface area contributed by atoms with Crippen molar-refractivity contribution in [2.24, 2.45) is 0 Å². The van der Waals surface area contributed by atoms with Crippen LogP contribution in [0.4, 0.5) is 0 Å². The van der Waals surface area contributed by atoms with Crippen molar-refractivity contribution in [1.29, 1.82) is 0 Å². The van der Waals surface area contributed by atoms with Crippen molar-refractivity contribution in [2.75, 3.05) is 6.61 Å². The van der Waals surface area contributed by atoms with E-state index in [9.17, 15) is 5.11 Å². The molecule has 0 spiro atoms. The first-order valence-corrected chi connectivity index (χ1v) is 6.28. The molecule has 0 amide bonds. The van der Waals surface area contributed by atoms with Gasteiger partial charge in [-0.05, 0) is 27.7 Å². The lowest BCUT2D eigenvalue weighted by Crippen LogP contribution is -2.42. The topological polar surface area (TPSA) is 66.4 Å². The fourth-order valence-electron chi connectivity index (χ4n) is 2.70. The Morgan fingerprint density at radius 1 is 0.944 bits per heavy atom. The molecule has 18 heavy (non-hydrogen) atoms. The summed E-state index contributed by atoms with van der Waals surface area (Å²) in [4.78, 5) is 0. The predicted molar refractivity (Wildman–Crippen MR) is 59.6 cm³/mol. The maximum atomic E-state index is 10.3. The fourth-order valence-corrected chi connectivity index (χ4v) is 2.70. The molecule has 0 aromatic carbocycles. The van der Waals surface area contributed by atoms with Gasteiger partial charge in [-0.15, -0.1) is 0 Å². The second kappa shape index (κ2) is 3.88. The van der Waals surface area contributed by atoms with E-state index in [-0.39, 0.29) is 6.10 Å². The number of aliphatic hydroxyl groups is 1. The highest BCUT2D eigenvalue weighted by Gasteiger charge is 2.57. The Balaban J connectivity index is 1.68. The maximum Gasteiger partial charge on any atom is 0.190 e. The first-order valence-electron chi connectivity index (χ1n) is 6.28. The van der Waals surface area contributed by atoms with Gasteiger partial charge in [0.15, 0.2) is 17.9 Å². The van der Waals surface area contributed by atoms with E-state index in [0.29, 0.717) is 6.61 Å². The molecule has 0 aromatic rings. The molecule has 3 aliphatic rings. The normalized spacial score (nSPS) is 49.5. The second-order valence-electron chi connectivity index (χ2n) is 5.93. The fraction of sp³-hybridized carbons (Fsp3) is 1.00. The third-order valence-corrected chi connectivity index (χ3v) is 3.45. The average Bonchev–Trinajstić information content (AvgIpc) is 2.81. The summed E-state index contributed by atoms with van der Waals surface area (Å²) in [6.07, 6.45) is -2.53. The number of rotatable bonds is 1. The first-order chi connectivity index (χ1) is 8.27. The molecule has 6 heteroatoms. The Labute approximate surface area is 106 Å². The highest BCUT2D eigenvalue weighted by atomic mass is 16.8. The molecule has 0 radical (unpaired) electrons. The number of hydrogen-bond acceptors (Lipinski definition) is 6. The van der Waals surface area contributed by atoms with Crippen LogP contribution in [0.5, 0.6) is 0 Å². The lowest BCUT2D eigenvalue weighted by molar-refractivity contribution is -0.232. The highest BCUT2D eigenvalue weighted by Crippen LogP contribution is 2.40. The van der Waals surface area contributed by atoms with Crippen LogP contribution in [0.25, 0.3) is 0 Å². The monoisotopic (exact) mass is 260 g/mol. The Hall–Kier alpha value is -0.240. The van der Waals surface area contributed by atoms with E-state index < -0.39 is 36.2 Å². The minimum Gasteiger partial charge on any atom is -0.387 e. The summed E-state index contributed by atoms with van der Waals surface area (Å²) in [5.74, 6) is -1.35. The van der Waals surface area contributed by atoms with E-state index in [4.69, 9.17) is 23.7 Å². The lowest BCUT2D eigenvalue weighted by Gasteiger charge is -2.26. The summed E-state index contributed by atoms with van der Waals surface area (Å²) in [6.45, 7) is 7.68. The highest BCUT2D eigenvalue weighted by molar-refractivity contribution is 4.97. The minimum atomic E-state index is -0.765. The van der Waals surface area contributed by atoms with Crippen molar-refractivity contribution < 1.29 is 28.8 Å². The molecular weight excluding hydrogens is 240 g/mol. The van der Waals surface area contributed by atoms with Crippen LogP contribution in [0.3, 0.4) is 0 Å². The molecule has 6 nitrogen and oxygen atoms in total. The van der Waals surface area contributed by atoms with E-state index >= 15 is 0 Å². The van der Waals surface area contributed by atoms with Gasteiger partial charge >= 0.3 is 0 Å². The van der Waals surface area contributed by atoms with Crippen molar-refractivity contribution in [2.45, 2.75) is 70.0 Å². The summed E-state index contributed by atoms with van der Waals surface area (Å²) in [5.41, 5.74) is 0. The number of hydrogen-bond donors (Lipinski definition) is 1. The van der Waals surface area contributed by atoms with Gasteiger partial charge in [0, 0.05) is 0 Å². The van der Waals surface area contributed by atoms with Crippen LogP contribution in [0.15, 0.2) is 0 Å². The molecule has 0 bridgehead atoms. The van der Waals surface area contributed by atoms with Crippen LogP contribution in [0.2, 0.25) is 0 Å². The van der Waals surface area contributed by atoms with Crippen LogP contribution in [-0.4, -0.2) is 54.0 Å². The van der Waals surface area contributed by atoms with Crippen molar-refractivity contribution in [3.63, 3.8) is 0 Å². The van der Waals surface area contributed by atoms with Gasteiger partial charge < -0.3 is 28.8 Å². The van der Waals surface area contributed by atoms with Gasteiger partial charge in [0.05, 0.1) is 6.61 Å². The molecule has 3 aliphatic heterocycles. The van der Waals surface area contributed by atoms with Gasteiger partial charge in [-0.1, -0.05) is 0 Å². The van der Waals surface area contributed by atoms with Crippen LogP contribution in [-0.2, 0) is 23.7 Å². The van der Waals surface area contributed by atoms with E-state index in [1.54, 1.807) is 13.8 Å². The second-order valence-corrected chi connectivity index (χ2v) is 5.93. The van der Waals surface area contributed by atoms with Crippen LogP contribution >= 0.6 is 0 Å². The van der Waals surface area contributed by atoms with Crippen molar-refractivity contribution in [3.8, 4) is 0 Å². The molecule has 0 aromatic heterocycles. The zero-order valence-electron chi connectivity index (χ0n) is 11.1. The summed E-state index contributed by atoms with van der Waals surface area (Å²) < 4.78 is 28.1. The zero-order valence-corrected chi connectivity index (χ0v) is 11.1. The molecule has 104 valence electrons. The molecule has 3 fully saturated rings. The Kier molecular flexibility index (Phi) is 2.75. The Morgan fingerprint density at radius 3 is 2.22 bits per heavy atom. The van der Waals surface area contributed by atoms with E-state index in [1.165, 1.54) is 0 Å². The third-order valence-electron chi connectivity index (χ3n) is 3.45. The Morgan fingerprint density at radius 2 is 1.67 bits per heavy atom. The molecule has 1 unspecified atom stereocenters. The van der Waals surface area contributed by atoms with Crippen LogP contribution in [0.1, 0.15) is 27.7 Å². The summed E-state index contributed by atoms with van der Waals surface area (Å²) >= 11 is 0. The third kappa shape index (κ3) is 2.07. The standard InChI is InChI=1S/C12H20O6/c1-11(2)14-5-6(16-11)8-7(13)9-10(15-8)18-12(3,4)17-9/h6-10,13H,5H2,1-4H3/t6-,7-,8?,9+,10+/m0/s1. The molecule has 3 rings (SSSR count). The summed E-state index contributed by atoms with van der Waals surface area (Å²) in [6, 6.07) is 0. The molecule has 0 aliphatic carbocycles. The van der Waals surface area contributed by atoms with Gasteiger partial charge in [0.25, 0.3) is 0 Å². The minimum absolute atomic E-state index is 0.295. The number of fused-ring (bicyclic) bond motifs is 1. The molecule has 0 saturated carbocycles. The average molecular weight is 260 g/mol. The molecule has 5 atom stereocenters.